The Morgan fingerprint density at radius 2 is 1.39 bits per heavy atom. The number of pyridine rings is 2. The predicted octanol–water partition coefficient (Wildman–Crippen LogP) is 8.65. The second-order valence-corrected chi connectivity index (χ2v) is 14.0. The molecule has 2 aromatic carbocycles. The molecule has 1 saturated carbocycles. The lowest BCUT2D eigenvalue weighted by atomic mass is 9.78. The number of carbonyl (C=O) groups excluding carboxylic acids is 1. The van der Waals surface area contributed by atoms with Crippen molar-refractivity contribution in [2.45, 2.75) is 51.5 Å². The number of hydrogen-bond acceptors (Lipinski definition) is 7. The summed E-state index contributed by atoms with van der Waals surface area (Å²) in [4.78, 5) is 24.0. The smallest absolute Gasteiger partial charge is 0.218 e. The summed E-state index contributed by atoms with van der Waals surface area (Å²) in [6, 6.07) is 19.9. The predicted molar refractivity (Wildman–Crippen MR) is 193 cm³/mol. The Hall–Kier alpha value is -4.24. The molecule has 1 aliphatic carbocycles. The molecule has 3 aromatic heterocycles. The zero-order chi connectivity index (χ0) is 34.0. The van der Waals surface area contributed by atoms with E-state index >= 15 is 0 Å². The molecule has 8 nitrogen and oxygen atoms in total. The van der Waals surface area contributed by atoms with E-state index in [4.69, 9.17) is 42.6 Å². The van der Waals surface area contributed by atoms with Crippen LogP contribution in [0.4, 0.5) is 0 Å². The number of ether oxygens (including phenoxy) is 2. The molecule has 0 atom stereocenters. The quantitative estimate of drug-likeness (QED) is 0.131. The van der Waals surface area contributed by atoms with Crippen molar-refractivity contribution in [1.82, 2.24) is 25.1 Å². The van der Waals surface area contributed by atoms with Gasteiger partial charge in [0.05, 0.1) is 41.8 Å². The minimum atomic E-state index is 0.178. The molecule has 0 amide bonds. The van der Waals surface area contributed by atoms with Crippen LogP contribution in [0.1, 0.15) is 48.8 Å². The minimum Gasteiger partial charge on any atom is -0.481 e. The molecule has 7 rings (SSSR count). The van der Waals surface area contributed by atoms with Gasteiger partial charge in [0.15, 0.2) is 0 Å². The Morgan fingerprint density at radius 3 is 1.96 bits per heavy atom. The summed E-state index contributed by atoms with van der Waals surface area (Å²) in [5, 5.41) is 8.00. The SMILES string of the molecule is COc1nc(-c2cccc(-c3cccc(-c4ccc(CN5CC6(CCC(=O)C6)C5)c(OC)n4)c3Cl)c2Cl)ccc1CCCCc1cn[nH]c1. The van der Waals surface area contributed by atoms with Crippen molar-refractivity contribution in [3.05, 3.63) is 99.8 Å². The zero-order valence-electron chi connectivity index (χ0n) is 27.8. The summed E-state index contributed by atoms with van der Waals surface area (Å²) in [6.07, 6.45) is 10.2. The van der Waals surface area contributed by atoms with Gasteiger partial charge in [-0.3, -0.25) is 14.8 Å². The number of halogens is 2. The summed E-state index contributed by atoms with van der Waals surface area (Å²) in [6.45, 7) is 2.61. The number of nitrogens with one attached hydrogen (secondary N) is 1. The first kappa shape index (κ1) is 33.3. The van der Waals surface area contributed by atoms with Crippen LogP contribution >= 0.6 is 23.2 Å². The molecule has 5 aromatic rings. The van der Waals surface area contributed by atoms with E-state index in [2.05, 4.69) is 27.2 Å². The Labute approximate surface area is 296 Å². The van der Waals surface area contributed by atoms with Crippen molar-refractivity contribution in [2.24, 2.45) is 5.41 Å². The number of nitrogens with zero attached hydrogens (tertiary/aromatic N) is 4. The molecule has 49 heavy (non-hydrogen) atoms. The fourth-order valence-electron chi connectivity index (χ4n) is 7.36. The van der Waals surface area contributed by atoms with E-state index in [1.54, 1.807) is 14.2 Å². The van der Waals surface area contributed by atoms with Crippen molar-refractivity contribution in [3.8, 4) is 45.4 Å². The van der Waals surface area contributed by atoms with Crippen molar-refractivity contribution in [1.29, 1.82) is 0 Å². The molecule has 10 heteroatoms. The van der Waals surface area contributed by atoms with Crippen LogP contribution < -0.4 is 9.47 Å². The summed E-state index contributed by atoms with van der Waals surface area (Å²) in [5.74, 6) is 1.57. The van der Waals surface area contributed by atoms with Gasteiger partial charge in [-0.05, 0) is 49.8 Å². The van der Waals surface area contributed by atoms with Crippen molar-refractivity contribution in [2.75, 3.05) is 27.3 Å². The van der Waals surface area contributed by atoms with Gasteiger partial charge in [0.25, 0.3) is 0 Å². The highest BCUT2D eigenvalue weighted by Gasteiger charge is 2.47. The number of hydrogen-bond donors (Lipinski definition) is 1. The average Bonchev–Trinajstić information content (AvgIpc) is 3.77. The van der Waals surface area contributed by atoms with Gasteiger partial charge in [-0.2, -0.15) is 5.10 Å². The van der Waals surface area contributed by atoms with Gasteiger partial charge in [-0.25, -0.2) is 9.97 Å². The lowest BCUT2D eigenvalue weighted by molar-refractivity contribution is -0.119. The molecule has 4 heterocycles. The van der Waals surface area contributed by atoms with E-state index in [-0.39, 0.29) is 5.41 Å². The van der Waals surface area contributed by atoms with E-state index in [1.165, 1.54) is 5.56 Å². The average molecular weight is 697 g/mol. The van der Waals surface area contributed by atoms with Gasteiger partial charge in [-0.1, -0.05) is 71.7 Å². The zero-order valence-corrected chi connectivity index (χ0v) is 29.3. The minimum absolute atomic E-state index is 0.178. The van der Waals surface area contributed by atoms with Crippen LogP contribution in [0.25, 0.3) is 33.6 Å². The number of aryl methyl sites for hydroxylation is 2. The van der Waals surface area contributed by atoms with Gasteiger partial charge in [0.2, 0.25) is 11.8 Å². The third-order valence-corrected chi connectivity index (χ3v) is 10.7. The maximum absolute atomic E-state index is 11.9. The number of likely N-dealkylation sites (tertiary alicyclic amines) is 1. The number of methoxy groups -OCH3 is 2. The number of rotatable bonds is 12. The van der Waals surface area contributed by atoms with Crippen LogP contribution in [0.3, 0.4) is 0 Å². The highest BCUT2D eigenvalue weighted by molar-refractivity contribution is 6.39. The molecule has 1 aliphatic heterocycles. The highest BCUT2D eigenvalue weighted by atomic mass is 35.5. The Balaban J connectivity index is 1.09. The molecular weight excluding hydrogens is 657 g/mol. The fraction of sp³-hybridized carbons (Fsp3) is 0.333. The third-order valence-electron chi connectivity index (χ3n) is 9.84. The molecule has 2 fully saturated rings. The van der Waals surface area contributed by atoms with Gasteiger partial charge < -0.3 is 9.47 Å². The van der Waals surface area contributed by atoms with Crippen LogP contribution in [-0.2, 0) is 24.2 Å². The van der Waals surface area contributed by atoms with Gasteiger partial charge in [0.1, 0.15) is 5.78 Å². The number of aromatic nitrogens is 4. The van der Waals surface area contributed by atoms with Crippen molar-refractivity contribution >= 4 is 29.0 Å². The second kappa shape index (κ2) is 14.3. The number of Topliss-reactive ketones (excluding diaryl/α,β-unsaturated/α-hetero) is 1. The van der Waals surface area contributed by atoms with Gasteiger partial charge in [0, 0.05) is 77.5 Å². The summed E-state index contributed by atoms with van der Waals surface area (Å²) < 4.78 is 11.5. The van der Waals surface area contributed by atoms with Gasteiger partial charge in [-0.15, -0.1) is 0 Å². The first-order valence-electron chi connectivity index (χ1n) is 16.7. The van der Waals surface area contributed by atoms with Crippen molar-refractivity contribution < 1.29 is 14.3 Å². The third kappa shape index (κ3) is 6.95. The molecule has 0 radical (unpaired) electrons. The summed E-state index contributed by atoms with van der Waals surface area (Å²) in [7, 11) is 3.30. The topological polar surface area (TPSA) is 93.2 Å². The van der Waals surface area contributed by atoms with Crippen LogP contribution in [0.2, 0.25) is 10.0 Å². The van der Waals surface area contributed by atoms with Gasteiger partial charge >= 0.3 is 0 Å². The standard InChI is InChI=1S/C39H39Cl2N5O3/c1-48-37-26(8-4-3-7-25-20-42-43-21-25)13-15-33(44-37)31-11-5-9-29(35(31)40)30-10-6-12-32(36(30)41)34-16-14-27(38(45-34)49-2)22-46-23-39(24-46)18-17-28(47)19-39/h5-6,9-16,20-21H,3-4,7-8,17-19,22-24H2,1-2H3,(H,42,43). The summed E-state index contributed by atoms with van der Waals surface area (Å²) in [5.41, 5.74) is 8.10. The lowest BCUT2D eigenvalue weighted by Crippen LogP contribution is -2.54. The second-order valence-electron chi connectivity index (χ2n) is 13.2. The summed E-state index contributed by atoms with van der Waals surface area (Å²) >= 11 is 14.2. The normalized spacial score (nSPS) is 15.5. The number of aromatic amines is 1. The van der Waals surface area contributed by atoms with E-state index in [0.717, 1.165) is 97.2 Å². The molecule has 1 saturated heterocycles. The van der Waals surface area contributed by atoms with Crippen LogP contribution in [0.15, 0.2) is 73.1 Å². The largest absolute Gasteiger partial charge is 0.481 e. The monoisotopic (exact) mass is 695 g/mol. The van der Waals surface area contributed by atoms with Crippen LogP contribution in [-0.4, -0.2) is 58.2 Å². The molecule has 0 unspecified atom stereocenters. The molecule has 2 aliphatic rings. The Kier molecular flexibility index (Phi) is 9.72. The fourth-order valence-corrected chi connectivity index (χ4v) is 8.01. The number of carbonyl (C=O) groups is 1. The number of H-pyrrole nitrogens is 1. The molecule has 0 bridgehead atoms. The van der Waals surface area contributed by atoms with Crippen LogP contribution in [0.5, 0.6) is 11.8 Å². The van der Waals surface area contributed by atoms with E-state index in [9.17, 15) is 4.79 Å². The lowest BCUT2D eigenvalue weighted by Gasteiger charge is -2.48. The van der Waals surface area contributed by atoms with E-state index in [1.807, 2.05) is 60.9 Å². The van der Waals surface area contributed by atoms with E-state index < -0.39 is 0 Å². The van der Waals surface area contributed by atoms with Crippen molar-refractivity contribution in [3.63, 3.8) is 0 Å². The Morgan fingerprint density at radius 1 is 0.796 bits per heavy atom. The van der Waals surface area contributed by atoms with Crippen LogP contribution in [0, 0.1) is 5.41 Å². The highest BCUT2D eigenvalue weighted by Crippen LogP contribution is 2.45. The first-order valence-corrected chi connectivity index (χ1v) is 17.5. The first-order chi connectivity index (χ1) is 23.9. The number of benzene rings is 2. The number of ketones is 1. The maximum Gasteiger partial charge on any atom is 0.218 e. The maximum atomic E-state index is 11.9. The molecule has 252 valence electrons. The molecular formula is C39H39Cl2N5O3. The Bertz CT molecular complexity index is 1970. The van der Waals surface area contributed by atoms with E-state index in [0.29, 0.717) is 39.7 Å². The number of unbranched alkanes of at least 4 members (excludes halogenated alkanes) is 1. The molecule has 1 spiro atoms. The molecule has 1 N–H and O–H groups in total.